The first-order chi connectivity index (χ1) is 23.8. The number of nitrogens with one attached hydrogen (secondary N) is 3. The van der Waals surface area contributed by atoms with Crippen LogP contribution in [0.1, 0.15) is 22.8 Å². The van der Waals surface area contributed by atoms with Crippen molar-refractivity contribution in [2.75, 3.05) is 16.4 Å². The summed E-state index contributed by atoms with van der Waals surface area (Å²) >= 11 is 1.30. The van der Waals surface area contributed by atoms with Crippen molar-refractivity contribution in [3.63, 3.8) is 0 Å². The summed E-state index contributed by atoms with van der Waals surface area (Å²) in [7, 11) is 0. The first-order valence-corrected chi connectivity index (χ1v) is 16.5. The molecule has 0 aliphatic rings. The number of benzene rings is 5. The van der Waals surface area contributed by atoms with Crippen molar-refractivity contribution >= 4 is 74.4 Å². The molecule has 0 unspecified atom stereocenters. The fourth-order valence-corrected chi connectivity index (χ4v) is 6.31. The zero-order valence-corrected chi connectivity index (χ0v) is 27.2. The van der Waals surface area contributed by atoms with E-state index in [4.69, 9.17) is 0 Å². The third-order valence-corrected chi connectivity index (χ3v) is 8.79. The van der Waals surface area contributed by atoms with Crippen LogP contribution in [-0.2, 0) is 16.1 Å². The maximum atomic E-state index is 13.5. The Hall–Kier alpha value is -6.20. The van der Waals surface area contributed by atoms with Gasteiger partial charge in [-0.3, -0.25) is 24.5 Å². The second-order valence-corrected chi connectivity index (χ2v) is 12.1. The zero-order valence-electron chi connectivity index (χ0n) is 26.4. The van der Waals surface area contributed by atoms with Crippen molar-refractivity contribution in [1.29, 1.82) is 0 Å². The van der Waals surface area contributed by atoms with Crippen LogP contribution in [0.3, 0.4) is 0 Å². The Labute approximate surface area is 286 Å². The molecule has 11 heteroatoms. The fraction of sp³-hybridized carbons (Fsp3) is 0.0789. The number of hydrogen-bond acceptors (Lipinski definition) is 6. The summed E-state index contributed by atoms with van der Waals surface area (Å²) in [6.45, 7) is 2.94. The van der Waals surface area contributed by atoms with Gasteiger partial charge in [-0.15, -0.1) is 11.8 Å². The predicted molar refractivity (Wildman–Crippen MR) is 195 cm³/mol. The molecule has 0 aliphatic heterocycles. The van der Waals surface area contributed by atoms with Crippen molar-refractivity contribution in [2.45, 2.75) is 18.4 Å². The van der Waals surface area contributed by atoms with E-state index in [1.54, 1.807) is 54.6 Å². The van der Waals surface area contributed by atoms with E-state index in [9.17, 15) is 24.5 Å². The van der Waals surface area contributed by atoms with E-state index in [-0.39, 0.29) is 28.6 Å². The third-order valence-electron chi connectivity index (χ3n) is 7.80. The molecular weight excluding hydrogens is 639 g/mol. The lowest BCUT2D eigenvalue weighted by molar-refractivity contribution is -0.385. The summed E-state index contributed by atoms with van der Waals surface area (Å²) < 4.78 is 2.25. The lowest BCUT2D eigenvalue weighted by Gasteiger charge is -2.12. The van der Waals surface area contributed by atoms with Gasteiger partial charge in [0.2, 0.25) is 5.91 Å². The van der Waals surface area contributed by atoms with E-state index in [0.29, 0.717) is 16.9 Å². The Balaban J connectivity index is 1.15. The van der Waals surface area contributed by atoms with Gasteiger partial charge in [0.25, 0.3) is 17.5 Å². The molecule has 0 saturated heterocycles. The first-order valence-electron chi connectivity index (χ1n) is 15.5. The van der Waals surface area contributed by atoms with Crippen LogP contribution in [0.2, 0.25) is 0 Å². The molecule has 0 saturated carbocycles. The van der Waals surface area contributed by atoms with Gasteiger partial charge in [0.15, 0.2) is 0 Å². The van der Waals surface area contributed by atoms with Gasteiger partial charge in [0, 0.05) is 56.3 Å². The average molecular weight is 670 g/mol. The molecule has 3 amide bonds. The molecule has 0 spiro atoms. The second-order valence-electron chi connectivity index (χ2n) is 11.0. The largest absolute Gasteiger partial charge is 0.341 e. The van der Waals surface area contributed by atoms with Gasteiger partial charge < -0.3 is 20.5 Å². The third kappa shape index (κ3) is 7.53. The lowest BCUT2D eigenvalue weighted by Crippen LogP contribution is -2.30. The highest BCUT2D eigenvalue weighted by molar-refractivity contribution is 8.00. The van der Waals surface area contributed by atoms with Crippen LogP contribution in [0, 0.1) is 10.1 Å². The van der Waals surface area contributed by atoms with Crippen molar-refractivity contribution in [3.05, 3.63) is 148 Å². The van der Waals surface area contributed by atoms with Crippen molar-refractivity contribution in [1.82, 2.24) is 9.88 Å². The molecular formula is C38H31N5O5S. The summed E-state index contributed by atoms with van der Waals surface area (Å²) in [5, 5.41) is 22.2. The molecule has 6 rings (SSSR count). The Morgan fingerprint density at radius 2 is 1.49 bits per heavy atom. The van der Waals surface area contributed by atoms with Crippen LogP contribution in [0.4, 0.5) is 17.1 Å². The van der Waals surface area contributed by atoms with Gasteiger partial charge in [0.05, 0.1) is 16.2 Å². The van der Waals surface area contributed by atoms with Crippen LogP contribution in [0.25, 0.3) is 27.9 Å². The molecule has 3 N–H and O–H groups in total. The smallest absolute Gasteiger partial charge is 0.276 e. The van der Waals surface area contributed by atoms with Crippen LogP contribution in [-0.4, -0.2) is 33.0 Å². The number of carbonyl (C=O) groups excluding carboxylic acids is 3. The molecule has 0 bridgehead atoms. The summed E-state index contributed by atoms with van der Waals surface area (Å²) in [4.78, 5) is 51.3. The molecule has 10 nitrogen and oxygen atoms in total. The molecule has 0 aliphatic carbocycles. The number of carbonyl (C=O) groups is 3. The van der Waals surface area contributed by atoms with Crippen molar-refractivity contribution in [2.24, 2.45) is 0 Å². The predicted octanol–water partition coefficient (Wildman–Crippen LogP) is 7.86. The standard InChI is InChI=1S/C38H31N5O5S/c1-2-42-34-18-9-7-16-30(34)31-23-28(19-20-35(31)42)39-36(44)24-49-29-15-10-14-27(22-29)40-38(46)32(41-37(45)25-11-4-3-5-12-25)21-26-13-6-8-17-33(26)43(47)48/h3-23H,2,24H2,1H3,(H,39,44)(H,40,46)(H,41,45)/b32-21+. The van der Waals surface area contributed by atoms with Gasteiger partial charge in [-0.2, -0.15) is 0 Å². The Morgan fingerprint density at radius 1 is 0.776 bits per heavy atom. The number of nitro benzene ring substituents is 1. The minimum absolute atomic E-state index is 0.127. The number of anilines is 2. The highest BCUT2D eigenvalue weighted by Gasteiger charge is 2.19. The number of nitrogens with zero attached hydrogens (tertiary/aromatic N) is 2. The number of thioether (sulfide) groups is 1. The van der Waals surface area contributed by atoms with Gasteiger partial charge in [-0.25, -0.2) is 0 Å². The minimum atomic E-state index is -0.679. The number of aromatic nitrogens is 1. The molecule has 0 fully saturated rings. The number of aryl methyl sites for hydroxylation is 1. The Morgan fingerprint density at radius 3 is 2.29 bits per heavy atom. The lowest BCUT2D eigenvalue weighted by atomic mass is 10.1. The molecule has 1 aromatic heterocycles. The monoisotopic (exact) mass is 669 g/mol. The number of hydrogen-bond donors (Lipinski definition) is 3. The van der Waals surface area contributed by atoms with E-state index < -0.39 is 16.7 Å². The van der Waals surface area contributed by atoms with Gasteiger partial charge in [0.1, 0.15) is 5.70 Å². The fourth-order valence-electron chi connectivity index (χ4n) is 5.55. The molecule has 244 valence electrons. The van der Waals surface area contributed by atoms with Crippen LogP contribution < -0.4 is 16.0 Å². The number of rotatable bonds is 11. The molecule has 6 aromatic rings. The molecule has 0 radical (unpaired) electrons. The number of fused-ring (bicyclic) bond motifs is 3. The molecule has 0 atom stereocenters. The van der Waals surface area contributed by atoms with E-state index in [2.05, 4.69) is 39.6 Å². The molecule has 1 heterocycles. The summed E-state index contributed by atoms with van der Waals surface area (Å²) in [5.41, 5.74) is 3.43. The van der Waals surface area contributed by atoms with Crippen LogP contribution >= 0.6 is 11.8 Å². The number of amides is 3. The normalized spacial score (nSPS) is 11.3. The van der Waals surface area contributed by atoms with Gasteiger partial charge >= 0.3 is 0 Å². The Bertz CT molecular complexity index is 2250. The summed E-state index contributed by atoms with van der Waals surface area (Å²) in [6.07, 6.45) is 1.27. The van der Waals surface area contributed by atoms with E-state index in [0.717, 1.165) is 33.2 Å². The van der Waals surface area contributed by atoms with Crippen molar-refractivity contribution in [3.8, 4) is 0 Å². The maximum absolute atomic E-state index is 13.5. The SMILES string of the molecule is CCn1c2ccccc2c2cc(NC(=O)CSc3cccc(NC(=O)/C(=C\c4ccccc4[N+](=O)[O-])NC(=O)c4ccccc4)c3)ccc21. The maximum Gasteiger partial charge on any atom is 0.276 e. The van der Waals surface area contributed by atoms with Crippen LogP contribution in [0.5, 0.6) is 0 Å². The van der Waals surface area contributed by atoms with E-state index >= 15 is 0 Å². The van der Waals surface area contributed by atoms with Crippen LogP contribution in [0.15, 0.2) is 132 Å². The summed E-state index contributed by atoms with van der Waals surface area (Å²) in [6, 6.07) is 35.3. The number of nitro groups is 1. The Kier molecular flexibility index (Phi) is 9.82. The average Bonchev–Trinajstić information content (AvgIpc) is 3.44. The van der Waals surface area contributed by atoms with Crippen molar-refractivity contribution < 1.29 is 19.3 Å². The summed E-state index contributed by atoms with van der Waals surface area (Å²) in [5.74, 6) is -1.29. The minimum Gasteiger partial charge on any atom is -0.341 e. The number of para-hydroxylation sites is 2. The first kappa shape index (κ1) is 32.7. The van der Waals surface area contributed by atoms with E-state index in [1.165, 1.54) is 36.0 Å². The topological polar surface area (TPSA) is 135 Å². The second kappa shape index (κ2) is 14.7. The van der Waals surface area contributed by atoms with Gasteiger partial charge in [-0.1, -0.05) is 54.6 Å². The highest BCUT2D eigenvalue weighted by atomic mass is 32.2. The quantitative estimate of drug-likeness (QED) is 0.0556. The van der Waals surface area contributed by atoms with E-state index in [1.807, 2.05) is 36.4 Å². The highest BCUT2D eigenvalue weighted by Crippen LogP contribution is 2.31. The molecule has 5 aromatic carbocycles. The van der Waals surface area contributed by atoms with Gasteiger partial charge in [-0.05, 0) is 73.7 Å². The zero-order chi connectivity index (χ0) is 34.3. The molecule has 49 heavy (non-hydrogen) atoms.